The van der Waals surface area contributed by atoms with Gasteiger partial charge in [0.1, 0.15) is 0 Å². The molecule has 6 heteroatoms. The Labute approximate surface area is 201 Å². The normalized spacial score (nSPS) is 13.2. The van der Waals surface area contributed by atoms with Crippen molar-refractivity contribution in [3.05, 3.63) is 89.5 Å². The fourth-order valence-electron chi connectivity index (χ4n) is 4.37. The van der Waals surface area contributed by atoms with Crippen molar-refractivity contribution in [3.8, 4) is 0 Å². The minimum absolute atomic E-state index is 0.0829. The molecule has 1 heterocycles. The standard InChI is InChI=1S/C28H32N4O2/c1-4-20-9-13-23(14-10-20)30-28(34)27(33)29-19-26(22-11-15-24(16-12-22)31(2)3)32-18-17-21-7-5-6-8-25(21)32/h5-16,26H,4,17-19H2,1-3H3,(H,29,33)(H,30,34). The van der Waals surface area contributed by atoms with E-state index < -0.39 is 11.8 Å². The number of carbonyl (C=O) groups excluding carboxylic acids is 2. The third-order valence-corrected chi connectivity index (χ3v) is 6.38. The van der Waals surface area contributed by atoms with E-state index in [-0.39, 0.29) is 6.04 Å². The maximum Gasteiger partial charge on any atom is 0.313 e. The van der Waals surface area contributed by atoms with Gasteiger partial charge >= 0.3 is 11.8 Å². The molecule has 0 spiro atoms. The van der Waals surface area contributed by atoms with E-state index in [4.69, 9.17) is 0 Å². The Bertz CT molecular complexity index is 1140. The SMILES string of the molecule is CCc1ccc(NC(=O)C(=O)NCC(c2ccc(N(C)C)cc2)N2CCc3ccccc32)cc1. The molecule has 4 rings (SSSR count). The van der Waals surface area contributed by atoms with Crippen molar-refractivity contribution < 1.29 is 9.59 Å². The number of rotatable bonds is 7. The number of amides is 2. The zero-order chi connectivity index (χ0) is 24.1. The number of nitrogens with one attached hydrogen (secondary N) is 2. The van der Waals surface area contributed by atoms with Crippen LogP contribution in [-0.4, -0.2) is 39.0 Å². The summed E-state index contributed by atoms with van der Waals surface area (Å²) in [6, 6.07) is 24.2. The Kier molecular flexibility index (Phi) is 7.16. The van der Waals surface area contributed by atoms with Gasteiger partial charge in [-0.2, -0.15) is 0 Å². The maximum atomic E-state index is 12.7. The molecule has 3 aromatic carbocycles. The van der Waals surface area contributed by atoms with Crippen molar-refractivity contribution in [2.24, 2.45) is 0 Å². The van der Waals surface area contributed by atoms with Gasteiger partial charge in [0.05, 0.1) is 6.04 Å². The van der Waals surface area contributed by atoms with E-state index in [0.29, 0.717) is 12.2 Å². The lowest BCUT2D eigenvalue weighted by Gasteiger charge is -2.31. The Morgan fingerprint density at radius 2 is 1.65 bits per heavy atom. The quantitative estimate of drug-likeness (QED) is 0.524. The maximum absolute atomic E-state index is 12.7. The second-order valence-corrected chi connectivity index (χ2v) is 8.79. The Morgan fingerprint density at radius 1 is 0.941 bits per heavy atom. The number of fused-ring (bicyclic) bond motifs is 1. The van der Waals surface area contributed by atoms with Crippen LogP contribution in [0, 0.1) is 0 Å². The third kappa shape index (κ3) is 5.22. The molecule has 3 aromatic rings. The van der Waals surface area contributed by atoms with Gasteiger partial charge in [0.15, 0.2) is 0 Å². The van der Waals surface area contributed by atoms with E-state index in [1.165, 1.54) is 16.8 Å². The molecule has 0 aliphatic carbocycles. The van der Waals surface area contributed by atoms with Crippen LogP contribution in [0.2, 0.25) is 0 Å². The van der Waals surface area contributed by atoms with E-state index >= 15 is 0 Å². The summed E-state index contributed by atoms with van der Waals surface area (Å²) in [6.45, 7) is 3.27. The zero-order valence-electron chi connectivity index (χ0n) is 20.0. The van der Waals surface area contributed by atoms with E-state index in [2.05, 4.69) is 69.8 Å². The molecule has 2 N–H and O–H groups in total. The van der Waals surface area contributed by atoms with Gasteiger partial charge in [0, 0.05) is 44.2 Å². The van der Waals surface area contributed by atoms with Crippen LogP contribution in [-0.2, 0) is 22.4 Å². The zero-order valence-corrected chi connectivity index (χ0v) is 20.0. The summed E-state index contributed by atoms with van der Waals surface area (Å²) in [4.78, 5) is 29.6. The molecule has 1 aliphatic heterocycles. The van der Waals surface area contributed by atoms with Gasteiger partial charge in [-0.15, -0.1) is 0 Å². The van der Waals surface area contributed by atoms with Crippen LogP contribution in [0.25, 0.3) is 0 Å². The molecule has 2 amide bonds. The smallest absolute Gasteiger partial charge is 0.313 e. The minimum Gasteiger partial charge on any atom is -0.378 e. The highest BCUT2D eigenvalue weighted by molar-refractivity contribution is 6.39. The molecule has 6 nitrogen and oxygen atoms in total. The molecule has 34 heavy (non-hydrogen) atoms. The molecule has 176 valence electrons. The molecule has 0 aromatic heterocycles. The molecule has 1 atom stereocenters. The highest BCUT2D eigenvalue weighted by Crippen LogP contribution is 2.35. The van der Waals surface area contributed by atoms with Crippen molar-refractivity contribution in [3.63, 3.8) is 0 Å². The summed E-state index contributed by atoms with van der Waals surface area (Å²) in [5.41, 5.74) is 6.48. The number of nitrogens with zero attached hydrogens (tertiary/aromatic N) is 2. The largest absolute Gasteiger partial charge is 0.378 e. The van der Waals surface area contributed by atoms with Gasteiger partial charge < -0.3 is 20.4 Å². The van der Waals surface area contributed by atoms with E-state index in [1.54, 1.807) is 0 Å². The number of hydrogen-bond acceptors (Lipinski definition) is 4. The predicted molar refractivity (Wildman–Crippen MR) is 138 cm³/mol. The molecular formula is C28H32N4O2. The van der Waals surface area contributed by atoms with Crippen molar-refractivity contribution in [1.82, 2.24) is 5.32 Å². The fraction of sp³-hybridized carbons (Fsp3) is 0.286. The lowest BCUT2D eigenvalue weighted by atomic mass is 10.0. The van der Waals surface area contributed by atoms with Crippen LogP contribution in [0.15, 0.2) is 72.8 Å². The van der Waals surface area contributed by atoms with Crippen LogP contribution < -0.4 is 20.4 Å². The topological polar surface area (TPSA) is 64.7 Å². The molecule has 1 aliphatic rings. The first-order chi connectivity index (χ1) is 16.5. The average Bonchev–Trinajstić information content (AvgIpc) is 3.29. The molecule has 0 fully saturated rings. The van der Waals surface area contributed by atoms with E-state index in [1.807, 2.05) is 44.4 Å². The lowest BCUT2D eigenvalue weighted by Crippen LogP contribution is -2.41. The summed E-state index contributed by atoms with van der Waals surface area (Å²) in [7, 11) is 4.02. The fourth-order valence-corrected chi connectivity index (χ4v) is 4.37. The van der Waals surface area contributed by atoms with Crippen molar-refractivity contribution >= 4 is 28.9 Å². The number of carbonyl (C=O) groups is 2. The second kappa shape index (κ2) is 10.4. The van der Waals surface area contributed by atoms with Gasteiger partial charge in [0.25, 0.3) is 0 Å². The summed E-state index contributed by atoms with van der Waals surface area (Å²) in [5, 5.41) is 5.56. The first-order valence-corrected chi connectivity index (χ1v) is 11.8. The predicted octanol–water partition coefficient (Wildman–Crippen LogP) is 4.17. The van der Waals surface area contributed by atoms with Crippen LogP contribution in [0.4, 0.5) is 17.1 Å². The van der Waals surface area contributed by atoms with Gasteiger partial charge in [-0.1, -0.05) is 49.4 Å². The van der Waals surface area contributed by atoms with Crippen LogP contribution in [0.3, 0.4) is 0 Å². The molecule has 0 radical (unpaired) electrons. The van der Waals surface area contributed by atoms with Gasteiger partial charge in [-0.05, 0) is 59.9 Å². The van der Waals surface area contributed by atoms with E-state index in [0.717, 1.165) is 30.6 Å². The Balaban J connectivity index is 1.49. The number of anilines is 3. The average molecular weight is 457 g/mol. The Hall–Kier alpha value is -3.80. The number of hydrogen-bond donors (Lipinski definition) is 2. The first kappa shape index (κ1) is 23.4. The Morgan fingerprint density at radius 3 is 2.32 bits per heavy atom. The number of aryl methyl sites for hydroxylation is 1. The summed E-state index contributed by atoms with van der Waals surface area (Å²) < 4.78 is 0. The first-order valence-electron chi connectivity index (χ1n) is 11.8. The third-order valence-electron chi connectivity index (χ3n) is 6.38. The summed E-state index contributed by atoms with van der Waals surface area (Å²) in [5.74, 6) is -1.30. The minimum atomic E-state index is -0.659. The van der Waals surface area contributed by atoms with Crippen LogP contribution in [0.5, 0.6) is 0 Å². The number of para-hydroxylation sites is 1. The highest BCUT2D eigenvalue weighted by Gasteiger charge is 2.28. The van der Waals surface area contributed by atoms with Crippen LogP contribution in [0.1, 0.15) is 29.7 Å². The van der Waals surface area contributed by atoms with E-state index in [9.17, 15) is 9.59 Å². The monoisotopic (exact) mass is 456 g/mol. The molecular weight excluding hydrogens is 424 g/mol. The summed E-state index contributed by atoms with van der Waals surface area (Å²) >= 11 is 0. The van der Waals surface area contributed by atoms with Crippen molar-refractivity contribution in [2.75, 3.05) is 42.3 Å². The lowest BCUT2D eigenvalue weighted by molar-refractivity contribution is -0.136. The highest BCUT2D eigenvalue weighted by atomic mass is 16.2. The van der Waals surface area contributed by atoms with Crippen LogP contribution >= 0.6 is 0 Å². The molecule has 1 unspecified atom stereocenters. The van der Waals surface area contributed by atoms with Gasteiger partial charge in [0.2, 0.25) is 0 Å². The molecule has 0 bridgehead atoms. The van der Waals surface area contributed by atoms with Gasteiger partial charge in [-0.25, -0.2) is 0 Å². The van der Waals surface area contributed by atoms with Crippen molar-refractivity contribution in [2.45, 2.75) is 25.8 Å². The second-order valence-electron chi connectivity index (χ2n) is 8.79. The number of benzene rings is 3. The van der Waals surface area contributed by atoms with Crippen molar-refractivity contribution in [1.29, 1.82) is 0 Å². The molecule has 0 saturated carbocycles. The van der Waals surface area contributed by atoms with Gasteiger partial charge in [-0.3, -0.25) is 9.59 Å². The molecule has 0 saturated heterocycles. The summed E-state index contributed by atoms with van der Waals surface area (Å²) in [6.07, 6.45) is 1.88.